The maximum Gasteiger partial charge on any atom is 0.252 e. The van der Waals surface area contributed by atoms with Gasteiger partial charge in [0, 0.05) is 14.5 Å². The number of carbonyl (C=O) groups excluding carboxylic acids is 1. The Balaban J connectivity index is 3.37. The Labute approximate surface area is 92.4 Å². The van der Waals surface area contributed by atoms with Crippen molar-refractivity contribution < 1.29 is 4.79 Å². The number of hydrogen-bond acceptors (Lipinski definition) is 1. The summed E-state index contributed by atoms with van der Waals surface area (Å²) in [6.45, 7) is 1.84. The summed E-state index contributed by atoms with van der Waals surface area (Å²) in [7, 11) is 0. The van der Waals surface area contributed by atoms with Gasteiger partial charge in [-0.15, -0.1) is 0 Å². The van der Waals surface area contributed by atoms with E-state index in [9.17, 15) is 4.79 Å². The highest BCUT2D eigenvalue weighted by Crippen LogP contribution is 2.26. The number of carbonyl (C=O) groups is 1. The Morgan fingerprint density at radius 2 is 2.00 bits per heavy atom. The minimum Gasteiger partial charge on any atom is -0.276 e. The van der Waals surface area contributed by atoms with Crippen LogP contribution in [0.4, 0.5) is 0 Å². The highest BCUT2D eigenvalue weighted by atomic mass is 79.9. The average Bonchev–Trinajstić information content (AvgIpc) is 1.96. The van der Waals surface area contributed by atoms with Crippen LogP contribution in [0.25, 0.3) is 0 Å². The van der Waals surface area contributed by atoms with Gasteiger partial charge in [-0.05, 0) is 36.2 Å². The van der Waals surface area contributed by atoms with Crippen LogP contribution in [-0.2, 0) is 0 Å². The van der Waals surface area contributed by atoms with Gasteiger partial charge in [0.1, 0.15) is 0 Å². The molecule has 0 saturated carbocycles. The van der Waals surface area contributed by atoms with Crippen LogP contribution in [0, 0.1) is 6.92 Å². The van der Waals surface area contributed by atoms with E-state index >= 15 is 0 Å². The summed E-state index contributed by atoms with van der Waals surface area (Å²) in [6, 6.07) is 3.58. The summed E-state index contributed by atoms with van der Waals surface area (Å²) in [5.74, 6) is 0. The van der Waals surface area contributed by atoms with Crippen LogP contribution in [0.1, 0.15) is 15.9 Å². The largest absolute Gasteiger partial charge is 0.276 e. The van der Waals surface area contributed by atoms with Gasteiger partial charge in [0.2, 0.25) is 0 Å². The highest BCUT2D eigenvalue weighted by molar-refractivity contribution is 9.11. The van der Waals surface area contributed by atoms with Crippen LogP contribution < -0.4 is 0 Å². The Hall–Kier alpha value is 0.140. The van der Waals surface area contributed by atoms with Gasteiger partial charge in [0.05, 0.1) is 0 Å². The predicted octanol–water partition coefficient (Wildman–Crippen LogP) is 3.90. The summed E-state index contributed by atoms with van der Waals surface area (Å²) < 4.78 is 1.71. The Bertz CT molecular complexity index is 336. The molecular formula is C8H5Br2ClO. The normalized spacial score (nSPS) is 10.0. The average molecular weight is 312 g/mol. The van der Waals surface area contributed by atoms with Crippen molar-refractivity contribution in [2.24, 2.45) is 0 Å². The first-order valence-electron chi connectivity index (χ1n) is 3.18. The Morgan fingerprint density at radius 1 is 1.42 bits per heavy atom. The van der Waals surface area contributed by atoms with Gasteiger partial charge in [0.15, 0.2) is 0 Å². The lowest BCUT2D eigenvalue weighted by Crippen LogP contribution is -1.94. The third-order valence-corrected chi connectivity index (χ3v) is 3.01. The second-order valence-corrected chi connectivity index (χ2v) is 4.45. The van der Waals surface area contributed by atoms with Crippen molar-refractivity contribution in [3.8, 4) is 0 Å². The van der Waals surface area contributed by atoms with E-state index in [2.05, 4.69) is 31.9 Å². The van der Waals surface area contributed by atoms with Gasteiger partial charge < -0.3 is 0 Å². The molecule has 1 rings (SSSR count). The topological polar surface area (TPSA) is 17.1 Å². The molecule has 4 heteroatoms. The first-order chi connectivity index (χ1) is 5.52. The second-order valence-electron chi connectivity index (χ2n) is 2.33. The molecular weight excluding hydrogens is 307 g/mol. The predicted molar refractivity (Wildman–Crippen MR) is 56.8 cm³/mol. The van der Waals surface area contributed by atoms with Gasteiger partial charge in [-0.25, -0.2) is 0 Å². The fraction of sp³-hybridized carbons (Fsp3) is 0.125. The van der Waals surface area contributed by atoms with Gasteiger partial charge in [-0.3, -0.25) is 4.79 Å². The molecule has 1 aromatic carbocycles. The molecule has 64 valence electrons. The number of benzene rings is 1. The van der Waals surface area contributed by atoms with Crippen LogP contribution in [-0.4, -0.2) is 5.24 Å². The number of hydrogen-bond donors (Lipinski definition) is 0. The third kappa shape index (κ3) is 2.09. The van der Waals surface area contributed by atoms with Crippen molar-refractivity contribution in [3.63, 3.8) is 0 Å². The van der Waals surface area contributed by atoms with E-state index < -0.39 is 5.24 Å². The van der Waals surface area contributed by atoms with E-state index in [1.807, 2.05) is 13.0 Å². The smallest absolute Gasteiger partial charge is 0.252 e. The zero-order chi connectivity index (χ0) is 9.30. The van der Waals surface area contributed by atoms with Crippen molar-refractivity contribution >= 4 is 48.7 Å². The lowest BCUT2D eigenvalue weighted by Gasteiger charge is -2.03. The summed E-state index contributed by atoms with van der Waals surface area (Å²) in [4.78, 5) is 10.9. The van der Waals surface area contributed by atoms with Gasteiger partial charge >= 0.3 is 0 Å². The maximum absolute atomic E-state index is 10.9. The van der Waals surface area contributed by atoms with Crippen LogP contribution in [0.3, 0.4) is 0 Å². The van der Waals surface area contributed by atoms with E-state index in [0.29, 0.717) is 5.56 Å². The van der Waals surface area contributed by atoms with Crippen molar-refractivity contribution in [1.82, 2.24) is 0 Å². The molecule has 0 amide bonds. The molecule has 0 aliphatic rings. The van der Waals surface area contributed by atoms with E-state index in [-0.39, 0.29) is 0 Å². The monoisotopic (exact) mass is 310 g/mol. The molecule has 0 aliphatic heterocycles. The molecule has 0 heterocycles. The maximum atomic E-state index is 10.9. The van der Waals surface area contributed by atoms with Crippen molar-refractivity contribution in [2.75, 3.05) is 0 Å². The molecule has 0 bridgehead atoms. The molecule has 0 radical (unpaired) electrons. The lowest BCUT2D eigenvalue weighted by atomic mass is 10.1. The lowest BCUT2D eigenvalue weighted by molar-refractivity contribution is 0.108. The molecule has 0 aromatic heterocycles. The van der Waals surface area contributed by atoms with E-state index in [4.69, 9.17) is 11.6 Å². The number of halogens is 3. The van der Waals surface area contributed by atoms with Crippen molar-refractivity contribution in [3.05, 3.63) is 32.2 Å². The fourth-order valence-electron chi connectivity index (χ4n) is 0.850. The molecule has 12 heavy (non-hydrogen) atoms. The first-order valence-corrected chi connectivity index (χ1v) is 5.14. The molecule has 1 nitrogen and oxygen atoms in total. The molecule has 0 spiro atoms. The standard InChI is InChI=1S/C8H5Br2ClO/c1-4-6(8(11)12)2-5(9)3-7(4)10/h2-3H,1H3. The summed E-state index contributed by atoms with van der Waals surface area (Å²) in [6.07, 6.45) is 0. The molecule has 0 atom stereocenters. The van der Waals surface area contributed by atoms with Gasteiger partial charge in [0.25, 0.3) is 5.24 Å². The molecule has 0 saturated heterocycles. The van der Waals surface area contributed by atoms with E-state index in [0.717, 1.165) is 14.5 Å². The summed E-state index contributed by atoms with van der Waals surface area (Å²) in [5.41, 5.74) is 1.39. The summed E-state index contributed by atoms with van der Waals surface area (Å²) in [5, 5.41) is -0.436. The second kappa shape index (κ2) is 3.90. The van der Waals surface area contributed by atoms with Gasteiger partial charge in [-0.2, -0.15) is 0 Å². The van der Waals surface area contributed by atoms with Crippen LogP contribution in [0.15, 0.2) is 21.1 Å². The minimum absolute atomic E-state index is 0.436. The number of rotatable bonds is 1. The molecule has 0 N–H and O–H groups in total. The molecule has 0 fully saturated rings. The van der Waals surface area contributed by atoms with Crippen molar-refractivity contribution in [2.45, 2.75) is 6.92 Å². The fourth-order valence-corrected chi connectivity index (χ4v) is 2.27. The molecule has 1 aromatic rings. The Morgan fingerprint density at radius 3 is 2.50 bits per heavy atom. The molecule has 0 unspecified atom stereocenters. The van der Waals surface area contributed by atoms with Crippen LogP contribution in [0.2, 0.25) is 0 Å². The highest BCUT2D eigenvalue weighted by Gasteiger charge is 2.09. The third-order valence-electron chi connectivity index (χ3n) is 1.52. The van der Waals surface area contributed by atoms with Crippen molar-refractivity contribution in [1.29, 1.82) is 0 Å². The SMILES string of the molecule is Cc1c(Br)cc(Br)cc1C(=O)Cl. The minimum atomic E-state index is -0.436. The van der Waals surface area contributed by atoms with E-state index in [1.54, 1.807) is 6.07 Å². The zero-order valence-corrected chi connectivity index (χ0v) is 10.1. The zero-order valence-electron chi connectivity index (χ0n) is 6.20. The molecule has 0 aliphatic carbocycles. The van der Waals surface area contributed by atoms with E-state index in [1.165, 1.54) is 0 Å². The first kappa shape index (κ1) is 10.2. The quantitative estimate of drug-likeness (QED) is 0.719. The Kier molecular flexibility index (Phi) is 3.32. The summed E-state index contributed by atoms with van der Waals surface area (Å²) >= 11 is 12.0. The van der Waals surface area contributed by atoms with Crippen LogP contribution in [0.5, 0.6) is 0 Å². The van der Waals surface area contributed by atoms with Gasteiger partial charge in [-0.1, -0.05) is 31.9 Å². The van der Waals surface area contributed by atoms with Crippen LogP contribution >= 0.6 is 43.5 Å².